The van der Waals surface area contributed by atoms with Crippen molar-refractivity contribution >= 4 is 16.9 Å². The lowest BCUT2D eigenvalue weighted by molar-refractivity contribution is 0.0602. The molecule has 0 amide bonds. The van der Waals surface area contributed by atoms with Crippen LogP contribution in [0.4, 0.5) is 0 Å². The molecule has 1 atom stereocenters. The summed E-state index contributed by atoms with van der Waals surface area (Å²) in [4.78, 5) is 11.9. The second-order valence-corrected chi connectivity index (χ2v) is 6.44. The number of nitrogens with zero attached hydrogens (tertiary/aromatic N) is 2. The van der Waals surface area contributed by atoms with Crippen LogP contribution in [0.5, 0.6) is 0 Å². The number of esters is 1. The van der Waals surface area contributed by atoms with Crippen LogP contribution in [-0.2, 0) is 4.74 Å². The Morgan fingerprint density at radius 2 is 2.08 bits per heavy atom. The van der Waals surface area contributed by atoms with Gasteiger partial charge >= 0.3 is 5.97 Å². The van der Waals surface area contributed by atoms with Crippen molar-refractivity contribution < 1.29 is 9.53 Å². The van der Waals surface area contributed by atoms with E-state index in [1.807, 2.05) is 23.0 Å². The summed E-state index contributed by atoms with van der Waals surface area (Å²) in [7, 11) is 1.39. The summed E-state index contributed by atoms with van der Waals surface area (Å²) in [6.07, 6.45) is 4.41. The van der Waals surface area contributed by atoms with E-state index in [0.717, 1.165) is 24.2 Å². The van der Waals surface area contributed by atoms with Crippen LogP contribution in [0.1, 0.15) is 34.7 Å². The Balaban J connectivity index is 1.66. The Morgan fingerprint density at radius 3 is 2.80 bits per heavy atom. The molecule has 2 heterocycles. The lowest BCUT2D eigenvalue weighted by Crippen LogP contribution is -2.28. The third-order valence-electron chi connectivity index (χ3n) is 4.87. The van der Waals surface area contributed by atoms with Gasteiger partial charge in [-0.05, 0) is 49.1 Å². The summed E-state index contributed by atoms with van der Waals surface area (Å²) in [5.41, 5.74) is 3.50. The van der Waals surface area contributed by atoms with Crippen LogP contribution in [0, 0.1) is 0 Å². The molecule has 0 radical (unpaired) electrons. The molecule has 0 aliphatic carbocycles. The number of piperidine rings is 1. The number of hydrogen-bond acceptors (Lipinski definition) is 4. The van der Waals surface area contributed by atoms with E-state index in [4.69, 9.17) is 4.74 Å². The lowest BCUT2D eigenvalue weighted by Gasteiger charge is -2.23. The molecule has 1 N–H and O–H groups in total. The van der Waals surface area contributed by atoms with Crippen molar-refractivity contribution in [2.45, 2.75) is 18.8 Å². The molecule has 1 aliphatic heterocycles. The fraction of sp³-hybridized carbons (Fsp3) is 0.300. The van der Waals surface area contributed by atoms with E-state index in [2.05, 4.69) is 34.7 Å². The number of benzene rings is 2. The number of aromatic nitrogens is 2. The monoisotopic (exact) mass is 335 g/mol. The van der Waals surface area contributed by atoms with Gasteiger partial charge in [0.25, 0.3) is 0 Å². The molecular weight excluding hydrogens is 314 g/mol. The van der Waals surface area contributed by atoms with Gasteiger partial charge in [0.05, 0.1) is 18.4 Å². The SMILES string of the molecule is COC(=O)c1cccc2cn(-c3ccc([C@@H]4CCCNC4)cc3)nc12. The van der Waals surface area contributed by atoms with Crippen LogP contribution in [0.15, 0.2) is 48.7 Å². The maximum atomic E-state index is 11.9. The second-order valence-electron chi connectivity index (χ2n) is 6.44. The number of carbonyl (C=O) groups is 1. The highest BCUT2D eigenvalue weighted by molar-refractivity contribution is 6.02. The van der Waals surface area contributed by atoms with Crippen molar-refractivity contribution in [3.63, 3.8) is 0 Å². The molecular formula is C20H21N3O2. The summed E-state index contributed by atoms with van der Waals surface area (Å²) in [6.45, 7) is 2.17. The zero-order valence-electron chi connectivity index (χ0n) is 14.2. The van der Waals surface area contributed by atoms with Gasteiger partial charge in [-0.15, -0.1) is 0 Å². The van der Waals surface area contributed by atoms with E-state index in [1.54, 1.807) is 6.07 Å². The highest BCUT2D eigenvalue weighted by Gasteiger charge is 2.16. The van der Waals surface area contributed by atoms with E-state index in [0.29, 0.717) is 17.0 Å². The fourth-order valence-corrected chi connectivity index (χ4v) is 3.49. The highest BCUT2D eigenvalue weighted by atomic mass is 16.5. The van der Waals surface area contributed by atoms with Crippen LogP contribution in [-0.4, -0.2) is 35.9 Å². The maximum Gasteiger partial charge on any atom is 0.340 e. The number of carbonyl (C=O) groups excluding carboxylic acids is 1. The third-order valence-corrected chi connectivity index (χ3v) is 4.87. The van der Waals surface area contributed by atoms with E-state index in [9.17, 15) is 4.79 Å². The zero-order valence-corrected chi connectivity index (χ0v) is 14.2. The van der Waals surface area contributed by atoms with Crippen LogP contribution < -0.4 is 5.32 Å². The van der Waals surface area contributed by atoms with Gasteiger partial charge in [-0.3, -0.25) is 0 Å². The summed E-state index contributed by atoms with van der Waals surface area (Å²) < 4.78 is 6.67. The largest absolute Gasteiger partial charge is 0.465 e. The van der Waals surface area contributed by atoms with Gasteiger partial charge < -0.3 is 10.1 Å². The minimum absolute atomic E-state index is 0.365. The Labute approximate surface area is 146 Å². The van der Waals surface area contributed by atoms with Gasteiger partial charge in [0, 0.05) is 18.1 Å². The lowest BCUT2D eigenvalue weighted by atomic mass is 9.92. The van der Waals surface area contributed by atoms with Gasteiger partial charge in [0.15, 0.2) is 0 Å². The van der Waals surface area contributed by atoms with Crippen molar-refractivity contribution in [1.29, 1.82) is 0 Å². The molecule has 1 aliphatic rings. The summed E-state index contributed by atoms with van der Waals surface area (Å²) in [6, 6.07) is 14.1. The molecule has 2 aromatic carbocycles. The van der Waals surface area contributed by atoms with Gasteiger partial charge in [0.2, 0.25) is 0 Å². The third kappa shape index (κ3) is 3.03. The number of fused-ring (bicyclic) bond motifs is 1. The predicted octanol–water partition coefficient (Wildman–Crippen LogP) is 3.28. The Bertz CT molecular complexity index is 893. The Hall–Kier alpha value is -2.66. The molecule has 128 valence electrons. The molecule has 5 nitrogen and oxygen atoms in total. The van der Waals surface area contributed by atoms with Gasteiger partial charge in [-0.25, -0.2) is 9.48 Å². The molecule has 5 heteroatoms. The number of rotatable bonds is 3. The van der Waals surface area contributed by atoms with Gasteiger partial charge in [-0.1, -0.05) is 24.3 Å². The molecule has 1 aromatic heterocycles. The quantitative estimate of drug-likeness (QED) is 0.746. The number of ether oxygens (including phenoxy) is 1. The zero-order chi connectivity index (χ0) is 17.2. The van der Waals surface area contributed by atoms with Crippen molar-refractivity contribution in [3.05, 3.63) is 59.8 Å². The number of nitrogens with one attached hydrogen (secondary N) is 1. The second kappa shape index (κ2) is 6.69. The van der Waals surface area contributed by atoms with Crippen LogP contribution in [0.25, 0.3) is 16.6 Å². The standard InChI is InChI=1S/C20H21N3O2/c1-25-20(24)18-6-2-4-16-13-23(22-19(16)18)17-9-7-14(8-10-17)15-5-3-11-21-12-15/h2,4,6-10,13,15,21H,3,5,11-12H2,1H3/t15-/m1/s1. The van der Waals surface area contributed by atoms with Crippen molar-refractivity contribution in [1.82, 2.24) is 15.1 Å². The number of methoxy groups -OCH3 is 1. The van der Waals surface area contributed by atoms with E-state index in [-0.39, 0.29) is 5.97 Å². The Morgan fingerprint density at radius 1 is 1.24 bits per heavy atom. The first-order chi connectivity index (χ1) is 12.3. The average molecular weight is 335 g/mol. The van der Waals surface area contributed by atoms with Crippen molar-refractivity contribution in [3.8, 4) is 5.69 Å². The molecule has 1 fully saturated rings. The van der Waals surface area contributed by atoms with Crippen LogP contribution >= 0.6 is 0 Å². The van der Waals surface area contributed by atoms with Crippen LogP contribution in [0.2, 0.25) is 0 Å². The van der Waals surface area contributed by atoms with Crippen LogP contribution in [0.3, 0.4) is 0 Å². The predicted molar refractivity (Wildman–Crippen MR) is 97.3 cm³/mol. The smallest absolute Gasteiger partial charge is 0.340 e. The topological polar surface area (TPSA) is 56.1 Å². The van der Waals surface area contributed by atoms with E-state index in [1.165, 1.54) is 25.5 Å². The molecule has 25 heavy (non-hydrogen) atoms. The summed E-state index contributed by atoms with van der Waals surface area (Å²) >= 11 is 0. The maximum absolute atomic E-state index is 11.9. The van der Waals surface area contributed by atoms with E-state index >= 15 is 0 Å². The molecule has 0 unspecified atom stereocenters. The van der Waals surface area contributed by atoms with Crippen molar-refractivity contribution in [2.75, 3.05) is 20.2 Å². The first kappa shape index (κ1) is 15.8. The molecule has 3 aromatic rings. The first-order valence-corrected chi connectivity index (χ1v) is 8.64. The summed E-state index contributed by atoms with van der Waals surface area (Å²) in [5.74, 6) is 0.224. The molecule has 0 bridgehead atoms. The van der Waals surface area contributed by atoms with E-state index < -0.39 is 0 Å². The molecule has 1 saturated heterocycles. The average Bonchev–Trinajstić information content (AvgIpc) is 3.12. The van der Waals surface area contributed by atoms with Gasteiger partial charge in [0.1, 0.15) is 5.52 Å². The van der Waals surface area contributed by atoms with Gasteiger partial charge in [-0.2, -0.15) is 5.10 Å². The minimum atomic E-state index is -0.365. The Kier molecular flexibility index (Phi) is 4.24. The first-order valence-electron chi connectivity index (χ1n) is 8.64. The molecule has 0 saturated carbocycles. The fourth-order valence-electron chi connectivity index (χ4n) is 3.49. The summed E-state index contributed by atoms with van der Waals surface area (Å²) in [5, 5.41) is 8.98. The minimum Gasteiger partial charge on any atom is -0.465 e. The molecule has 0 spiro atoms. The highest BCUT2D eigenvalue weighted by Crippen LogP contribution is 2.25. The normalized spacial score (nSPS) is 17.6. The molecule has 4 rings (SSSR count). The number of hydrogen-bond donors (Lipinski definition) is 1. The van der Waals surface area contributed by atoms with Crippen molar-refractivity contribution in [2.24, 2.45) is 0 Å².